The molecule has 0 N–H and O–H groups in total. The summed E-state index contributed by atoms with van der Waals surface area (Å²) < 4.78 is 10.7. The molecule has 0 unspecified atom stereocenters. The molecule has 1 aromatic carbocycles. The zero-order valence-electron chi connectivity index (χ0n) is 11.2. The third-order valence-corrected chi connectivity index (χ3v) is 3.40. The second-order valence-corrected chi connectivity index (χ2v) is 5.11. The summed E-state index contributed by atoms with van der Waals surface area (Å²) in [5, 5.41) is 1.10. The Morgan fingerprint density at radius 1 is 0.944 bits per heavy atom. The molecule has 3 heteroatoms. The number of halogens is 1. The number of ether oxygens (including phenoxy) is 2. The molecule has 0 atom stereocenters. The maximum atomic E-state index is 5.61. The third-order valence-electron chi connectivity index (χ3n) is 2.84. The fraction of sp³-hybridized carbons (Fsp3) is 0.600. The SMILES string of the molecule is COc1ccc(CCCOCCCCCBr)cc1. The van der Waals surface area contributed by atoms with Gasteiger partial charge < -0.3 is 9.47 Å². The van der Waals surface area contributed by atoms with Crippen LogP contribution in [-0.2, 0) is 11.2 Å². The highest BCUT2D eigenvalue weighted by atomic mass is 79.9. The van der Waals surface area contributed by atoms with Crippen LogP contribution in [0.3, 0.4) is 0 Å². The number of alkyl halides is 1. The van der Waals surface area contributed by atoms with Crippen molar-refractivity contribution in [1.82, 2.24) is 0 Å². The van der Waals surface area contributed by atoms with Crippen molar-refractivity contribution in [2.75, 3.05) is 25.7 Å². The number of aryl methyl sites for hydroxylation is 1. The molecule has 0 amide bonds. The molecule has 0 saturated heterocycles. The van der Waals surface area contributed by atoms with Gasteiger partial charge in [0.25, 0.3) is 0 Å². The first-order valence-electron chi connectivity index (χ1n) is 6.63. The van der Waals surface area contributed by atoms with Crippen molar-refractivity contribution >= 4 is 15.9 Å². The summed E-state index contributed by atoms with van der Waals surface area (Å²) in [6, 6.07) is 8.26. The summed E-state index contributed by atoms with van der Waals surface area (Å²) in [7, 11) is 1.69. The first kappa shape index (κ1) is 15.5. The molecular weight excluding hydrogens is 292 g/mol. The van der Waals surface area contributed by atoms with E-state index >= 15 is 0 Å². The minimum Gasteiger partial charge on any atom is -0.497 e. The fourth-order valence-electron chi connectivity index (χ4n) is 1.75. The molecule has 0 aliphatic heterocycles. The normalized spacial score (nSPS) is 10.6. The number of hydrogen-bond donors (Lipinski definition) is 0. The van der Waals surface area contributed by atoms with Crippen LogP contribution in [0.1, 0.15) is 31.2 Å². The number of methoxy groups -OCH3 is 1. The first-order chi connectivity index (χ1) is 8.86. The summed E-state index contributed by atoms with van der Waals surface area (Å²) in [6.45, 7) is 1.76. The molecular formula is C15H23BrO2. The minimum absolute atomic E-state index is 0.861. The largest absolute Gasteiger partial charge is 0.497 e. The monoisotopic (exact) mass is 314 g/mol. The lowest BCUT2D eigenvalue weighted by atomic mass is 10.1. The molecule has 0 aliphatic carbocycles. The zero-order valence-corrected chi connectivity index (χ0v) is 12.7. The number of rotatable bonds is 10. The van der Waals surface area contributed by atoms with E-state index in [0.717, 1.165) is 37.1 Å². The van der Waals surface area contributed by atoms with E-state index in [1.807, 2.05) is 12.1 Å². The van der Waals surface area contributed by atoms with Crippen LogP contribution >= 0.6 is 15.9 Å². The molecule has 0 fully saturated rings. The van der Waals surface area contributed by atoms with Gasteiger partial charge in [-0.25, -0.2) is 0 Å². The number of benzene rings is 1. The molecule has 102 valence electrons. The van der Waals surface area contributed by atoms with Crippen molar-refractivity contribution in [3.8, 4) is 5.75 Å². The van der Waals surface area contributed by atoms with E-state index in [4.69, 9.17) is 9.47 Å². The van der Waals surface area contributed by atoms with Crippen LogP contribution in [-0.4, -0.2) is 25.7 Å². The van der Waals surface area contributed by atoms with Crippen molar-refractivity contribution in [3.05, 3.63) is 29.8 Å². The van der Waals surface area contributed by atoms with Crippen LogP contribution in [0.4, 0.5) is 0 Å². The molecule has 0 aromatic heterocycles. The summed E-state index contributed by atoms with van der Waals surface area (Å²) in [6.07, 6.45) is 5.84. The van der Waals surface area contributed by atoms with E-state index in [2.05, 4.69) is 28.1 Å². The average molecular weight is 315 g/mol. The molecule has 1 rings (SSSR count). The second kappa shape index (κ2) is 10.4. The second-order valence-electron chi connectivity index (χ2n) is 4.31. The predicted molar refractivity (Wildman–Crippen MR) is 79.8 cm³/mol. The molecule has 0 spiro atoms. The van der Waals surface area contributed by atoms with Crippen LogP contribution in [0.5, 0.6) is 5.75 Å². The van der Waals surface area contributed by atoms with E-state index < -0.39 is 0 Å². The van der Waals surface area contributed by atoms with E-state index in [9.17, 15) is 0 Å². The van der Waals surface area contributed by atoms with Crippen LogP contribution in [0.2, 0.25) is 0 Å². The topological polar surface area (TPSA) is 18.5 Å². The standard InChI is InChI=1S/C15H23BrO2/c1-17-15-9-7-14(8-10-15)6-5-13-18-12-4-2-3-11-16/h7-10H,2-6,11-13H2,1H3. The van der Waals surface area contributed by atoms with Gasteiger partial charge in [0, 0.05) is 18.5 Å². The minimum atomic E-state index is 0.861. The van der Waals surface area contributed by atoms with Gasteiger partial charge in [0.15, 0.2) is 0 Å². The van der Waals surface area contributed by atoms with Gasteiger partial charge in [0.2, 0.25) is 0 Å². The molecule has 0 saturated carbocycles. The quantitative estimate of drug-likeness (QED) is 0.476. The zero-order chi connectivity index (χ0) is 13.1. The first-order valence-corrected chi connectivity index (χ1v) is 7.75. The Morgan fingerprint density at radius 2 is 1.67 bits per heavy atom. The van der Waals surface area contributed by atoms with E-state index in [0.29, 0.717) is 0 Å². The van der Waals surface area contributed by atoms with Crippen LogP contribution < -0.4 is 4.74 Å². The van der Waals surface area contributed by atoms with Crippen molar-refractivity contribution in [2.45, 2.75) is 32.1 Å². The molecule has 18 heavy (non-hydrogen) atoms. The Kier molecular flexibility index (Phi) is 8.96. The molecule has 2 nitrogen and oxygen atoms in total. The summed E-state index contributed by atoms with van der Waals surface area (Å²) in [4.78, 5) is 0. The highest BCUT2D eigenvalue weighted by molar-refractivity contribution is 9.09. The average Bonchev–Trinajstić information content (AvgIpc) is 2.42. The van der Waals surface area contributed by atoms with E-state index in [1.54, 1.807) is 7.11 Å². The number of unbranched alkanes of at least 4 members (excludes halogenated alkanes) is 2. The van der Waals surface area contributed by atoms with Gasteiger partial charge in [-0.2, -0.15) is 0 Å². The van der Waals surface area contributed by atoms with Gasteiger partial charge in [-0.1, -0.05) is 34.5 Å². The number of hydrogen-bond acceptors (Lipinski definition) is 2. The maximum Gasteiger partial charge on any atom is 0.118 e. The van der Waals surface area contributed by atoms with Crippen LogP contribution in [0.25, 0.3) is 0 Å². The van der Waals surface area contributed by atoms with Crippen LogP contribution in [0.15, 0.2) is 24.3 Å². The van der Waals surface area contributed by atoms with Crippen molar-refractivity contribution < 1.29 is 9.47 Å². The van der Waals surface area contributed by atoms with Gasteiger partial charge in [0.05, 0.1) is 7.11 Å². The maximum absolute atomic E-state index is 5.61. The summed E-state index contributed by atoms with van der Waals surface area (Å²) in [5.41, 5.74) is 1.35. The smallest absolute Gasteiger partial charge is 0.118 e. The van der Waals surface area contributed by atoms with Crippen molar-refractivity contribution in [2.24, 2.45) is 0 Å². The van der Waals surface area contributed by atoms with Crippen molar-refractivity contribution in [1.29, 1.82) is 0 Å². The molecule has 0 aliphatic rings. The lowest BCUT2D eigenvalue weighted by Gasteiger charge is -2.05. The van der Waals surface area contributed by atoms with E-state index in [-0.39, 0.29) is 0 Å². The molecule has 0 radical (unpaired) electrons. The van der Waals surface area contributed by atoms with E-state index in [1.165, 1.54) is 24.8 Å². The Bertz CT molecular complexity index is 298. The Labute approximate surface area is 119 Å². The summed E-state index contributed by atoms with van der Waals surface area (Å²) in [5.74, 6) is 0.918. The lowest BCUT2D eigenvalue weighted by Crippen LogP contribution is -1.99. The summed E-state index contributed by atoms with van der Waals surface area (Å²) >= 11 is 3.43. The van der Waals surface area contributed by atoms with Gasteiger partial charge in [-0.3, -0.25) is 0 Å². The van der Waals surface area contributed by atoms with Gasteiger partial charge >= 0.3 is 0 Å². The fourth-order valence-corrected chi connectivity index (χ4v) is 2.14. The third kappa shape index (κ3) is 7.02. The predicted octanol–water partition coefficient (Wildman–Crippen LogP) is 4.21. The molecule has 0 heterocycles. The Morgan fingerprint density at radius 3 is 2.33 bits per heavy atom. The Balaban J connectivity index is 2.00. The van der Waals surface area contributed by atoms with Gasteiger partial charge in [0.1, 0.15) is 5.75 Å². The van der Waals surface area contributed by atoms with Gasteiger partial charge in [-0.05, 0) is 43.4 Å². The van der Waals surface area contributed by atoms with Gasteiger partial charge in [-0.15, -0.1) is 0 Å². The highest BCUT2D eigenvalue weighted by Crippen LogP contribution is 2.12. The highest BCUT2D eigenvalue weighted by Gasteiger charge is 1.95. The van der Waals surface area contributed by atoms with Crippen LogP contribution in [0, 0.1) is 0 Å². The Hall–Kier alpha value is -0.540. The molecule has 1 aromatic rings. The molecule has 0 bridgehead atoms. The lowest BCUT2D eigenvalue weighted by molar-refractivity contribution is 0.128. The van der Waals surface area contributed by atoms with Crippen molar-refractivity contribution in [3.63, 3.8) is 0 Å².